The molecule has 1 aliphatic heterocycles. The van der Waals surface area contributed by atoms with Crippen molar-refractivity contribution < 1.29 is 26.7 Å². The fraction of sp³-hybridized carbons (Fsp3) is 0.588. The van der Waals surface area contributed by atoms with E-state index in [1.807, 2.05) is 26.0 Å². The topological polar surface area (TPSA) is 96.0 Å². The molecule has 1 aromatic rings. The zero-order chi connectivity index (χ0) is 20.0. The van der Waals surface area contributed by atoms with Crippen LogP contribution in [0.2, 0.25) is 0 Å². The van der Waals surface area contributed by atoms with Gasteiger partial charge in [-0.1, -0.05) is 0 Å². The molecule has 0 radical (unpaired) electrons. The fourth-order valence-corrected chi connectivity index (χ4v) is 3.18. The third kappa shape index (κ3) is 6.98. The molecule has 1 heterocycles. The summed E-state index contributed by atoms with van der Waals surface area (Å²) in [5, 5.41) is 0. The third-order valence-corrected chi connectivity index (χ3v) is 5.77. The van der Waals surface area contributed by atoms with Gasteiger partial charge in [0.15, 0.2) is 10.7 Å². The molecule has 0 aromatic heterocycles. The maximum atomic E-state index is 12.8. The zero-order valence-electron chi connectivity index (χ0n) is 15.9. The van der Waals surface area contributed by atoms with Crippen LogP contribution < -0.4 is 0 Å². The van der Waals surface area contributed by atoms with Crippen LogP contribution in [0.3, 0.4) is 0 Å². The Morgan fingerprint density at radius 3 is 2.04 bits per heavy atom. The van der Waals surface area contributed by atoms with E-state index < -0.39 is 15.9 Å². The molecule has 1 saturated heterocycles. The number of hydrogen-bond acceptors (Lipinski definition) is 7. The molecular formula is C17H27NO6S2. The van der Waals surface area contributed by atoms with Crippen molar-refractivity contribution >= 4 is 27.1 Å². The molecular weight excluding hydrogens is 378 g/mol. The van der Waals surface area contributed by atoms with Crippen LogP contribution in [0.1, 0.15) is 24.2 Å². The Balaban J connectivity index is 0.000000487. The van der Waals surface area contributed by atoms with E-state index in [-0.39, 0.29) is 16.7 Å². The summed E-state index contributed by atoms with van der Waals surface area (Å²) in [5.74, 6) is 0.193. The van der Waals surface area contributed by atoms with E-state index in [0.717, 1.165) is 25.8 Å². The molecule has 0 bridgehead atoms. The second-order valence-corrected chi connectivity index (χ2v) is 9.66. The highest BCUT2D eigenvalue weighted by Crippen LogP contribution is 2.22. The number of ether oxygens (including phenoxy) is 1. The van der Waals surface area contributed by atoms with Crippen LogP contribution >= 0.6 is 0 Å². The number of rotatable bonds is 5. The van der Waals surface area contributed by atoms with Crippen molar-refractivity contribution in [3.8, 4) is 0 Å². The van der Waals surface area contributed by atoms with E-state index in [1.165, 1.54) is 4.90 Å². The van der Waals surface area contributed by atoms with Crippen LogP contribution in [0.5, 0.6) is 0 Å². The molecule has 1 aromatic carbocycles. The predicted octanol–water partition coefficient (Wildman–Crippen LogP) is 1.31. The fourth-order valence-electron chi connectivity index (χ4n) is 2.50. The highest BCUT2D eigenvalue weighted by molar-refractivity contribution is 7.95. The number of nitrogens with zero attached hydrogens (tertiary/aromatic N) is 1. The Hall–Kier alpha value is -0.970. The highest BCUT2D eigenvalue weighted by Gasteiger charge is 2.35. The summed E-state index contributed by atoms with van der Waals surface area (Å²) >= 11 is 0. The average molecular weight is 406 g/mol. The first-order chi connectivity index (χ1) is 12.0. The van der Waals surface area contributed by atoms with Gasteiger partial charge in [0.1, 0.15) is 12.5 Å². The van der Waals surface area contributed by atoms with E-state index >= 15 is 0 Å². The standard InChI is InChI=1S/C16H24NO2S.CH4O4S/c1-16(2,17-9-11-19-12-10-17)15(18)13-5-7-14(8-6-13)20(3)4;1-5-6(2,3)4/h5-8H,9-12H2,1-4H3;1H3,(H,2,3,4)/q+1;/p-1. The van der Waals surface area contributed by atoms with Gasteiger partial charge in [-0.05, 0) is 38.1 Å². The Morgan fingerprint density at radius 1 is 1.19 bits per heavy atom. The van der Waals surface area contributed by atoms with Crippen LogP contribution in [-0.4, -0.2) is 75.1 Å². The monoisotopic (exact) mass is 405 g/mol. The van der Waals surface area contributed by atoms with Crippen molar-refractivity contribution in [1.29, 1.82) is 0 Å². The van der Waals surface area contributed by atoms with Crippen molar-refractivity contribution in [3.05, 3.63) is 29.8 Å². The van der Waals surface area contributed by atoms with Crippen LogP contribution in [0.4, 0.5) is 0 Å². The first-order valence-corrected chi connectivity index (χ1v) is 11.4. The molecule has 0 aliphatic carbocycles. The summed E-state index contributed by atoms with van der Waals surface area (Å²) in [6.45, 7) is 7.10. The lowest BCUT2D eigenvalue weighted by Crippen LogP contribution is -2.54. The van der Waals surface area contributed by atoms with E-state index in [9.17, 15) is 17.8 Å². The molecule has 7 nitrogen and oxygen atoms in total. The highest BCUT2D eigenvalue weighted by atomic mass is 32.3. The first kappa shape index (κ1) is 23.1. The number of morpholine rings is 1. The van der Waals surface area contributed by atoms with Crippen molar-refractivity contribution in [2.75, 3.05) is 45.9 Å². The summed E-state index contributed by atoms with van der Waals surface area (Å²) in [5.41, 5.74) is 0.335. The average Bonchev–Trinajstić information content (AvgIpc) is 2.61. The molecule has 148 valence electrons. The molecule has 1 aliphatic rings. The Labute approximate surface area is 159 Å². The van der Waals surface area contributed by atoms with Gasteiger partial charge in [0.25, 0.3) is 0 Å². The molecule has 0 atom stereocenters. The van der Waals surface area contributed by atoms with Crippen molar-refractivity contribution in [2.24, 2.45) is 0 Å². The molecule has 0 spiro atoms. The normalized spacial score (nSPS) is 16.1. The lowest BCUT2D eigenvalue weighted by Gasteiger charge is -2.39. The summed E-state index contributed by atoms with van der Waals surface area (Å²) in [7, 11) is -3.37. The quantitative estimate of drug-likeness (QED) is 0.315. The molecule has 0 amide bonds. The molecule has 0 saturated carbocycles. The van der Waals surface area contributed by atoms with Gasteiger partial charge in [-0.3, -0.25) is 13.9 Å². The predicted molar refractivity (Wildman–Crippen MR) is 101 cm³/mol. The van der Waals surface area contributed by atoms with Gasteiger partial charge in [0.2, 0.25) is 10.4 Å². The number of carbonyl (C=O) groups excluding carboxylic acids is 1. The molecule has 2 rings (SSSR count). The Kier molecular flexibility index (Phi) is 8.71. The number of Topliss-reactive ketones (excluding diaryl/α,β-unsaturated/α-hetero) is 1. The number of hydrogen-bond donors (Lipinski definition) is 0. The SMILES string of the molecule is COS(=O)(=O)[O-].C[S+](C)c1ccc(C(=O)C(C)(C)N2CCOCC2)cc1. The Morgan fingerprint density at radius 2 is 1.65 bits per heavy atom. The van der Waals surface area contributed by atoms with Gasteiger partial charge >= 0.3 is 0 Å². The van der Waals surface area contributed by atoms with E-state index in [1.54, 1.807) is 0 Å². The summed E-state index contributed by atoms with van der Waals surface area (Å²) in [6.07, 6.45) is 4.38. The first-order valence-electron chi connectivity index (χ1n) is 8.05. The van der Waals surface area contributed by atoms with Crippen LogP contribution in [-0.2, 0) is 30.2 Å². The van der Waals surface area contributed by atoms with Crippen LogP contribution in [0, 0.1) is 0 Å². The summed E-state index contributed by atoms with van der Waals surface area (Å²) < 4.78 is 36.4. The molecule has 0 N–H and O–H groups in total. The Bertz CT molecular complexity index is 680. The number of carbonyl (C=O) groups is 1. The van der Waals surface area contributed by atoms with Gasteiger partial charge < -0.3 is 9.29 Å². The maximum Gasteiger partial charge on any atom is 0.217 e. The van der Waals surface area contributed by atoms with Crippen LogP contribution in [0.25, 0.3) is 0 Å². The molecule has 1 fully saturated rings. The maximum absolute atomic E-state index is 12.8. The second-order valence-electron chi connectivity index (χ2n) is 6.40. The zero-order valence-corrected chi connectivity index (χ0v) is 17.5. The number of ketones is 1. The molecule has 9 heteroatoms. The van der Waals surface area contributed by atoms with Crippen molar-refractivity contribution in [1.82, 2.24) is 4.90 Å². The molecule has 0 unspecified atom stereocenters. The van der Waals surface area contributed by atoms with E-state index in [2.05, 4.69) is 33.7 Å². The van der Waals surface area contributed by atoms with Gasteiger partial charge in [-0.2, -0.15) is 0 Å². The summed E-state index contributed by atoms with van der Waals surface area (Å²) in [4.78, 5) is 16.3. The summed E-state index contributed by atoms with van der Waals surface area (Å²) in [6, 6.07) is 8.08. The van der Waals surface area contributed by atoms with E-state index in [0.29, 0.717) is 13.2 Å². The van der Waals surface area contributed by atoms with E-state index in [4.69, 9.17) is 4.74 Å². The van der Waals surface area contributed by atoms with Crippen LogP contribution in [0.15, 0.2) is 29.2 Å². The van der Waals surface area contributed by atoms with Crippen molar-refractivity contribution in [3.63, 3.8) is 0 Å². The smallest absolute Gasteiger partial charge is 0.217 e. The minimum absolute atomic E-state index is 0.193. The van der Waals surface area contributed by atoms with Crippen molar-refractivity contribution in [2.45, 2.75) is 24.3 Å². The lowest BCUT2D eigenvalue weighted by molar-refractivity contribution is -0.00430. The minimum atomic E-state index is -4.41. The molecule has 26 heavy (non-hydrogen) atoms. The minimum Gasteiger partial charge on any atom is -0.726 e. The number of benzene rings is 1. The van der Waals surface area contributed by atoms with Gasteiger partial charge in [0, 0.05) is 29.5 Å². The van der Waals surface area contributed by atoms with Gasteiger partial charge in [-0.25, -0.2) is 8.42 Å². The second kappa shape index (κ2) is 9.82. The largest absolute Gasteiger partial charge is 0.726 e. The lowest BCUT2D eigenvalue weighted by atomic mass is 9.91. The van der Waals surface area contributed by atoms with Gasteiger partial charge in [0.05, 0.1) is 25.9 Å². The third-order valence-electron chi connectivity index (χ3n) is 4.15. The van der Waals surface area contributed by atoms with Gasteiger partial charge in [-0.15, -0.1) is 0 Å².